The highest BCUT2D eigenvalue weighted by atomic mass is 16.6. The molecule has 0 bridgehead atoms. The minimum Gasteiger partial charge on any atom is -0.508 e. The quantitative estimate of drug-likeness (QED) is 0.231. The molecule has 0 saturated carbocycles. The molecular formula is C21H18N2O9. The van der Waals surface area contributed by atoms with E-state index in [9.17, 15) is 35.4 Å². The molecule has 166 valence electrons. The highest BCUT2D eigenvalue weighted by Crippen LogP contribution is 2.45. The molecule has 11 nitrogen and oxygen atoms in total. The summed E-state index contributed by atoms with van der Waals surface area (Å²) < 4.78 is 11.4. The number of benzene rings is 2. The largest absolute Gasteiger partial charge is 0.508 e. The van der Waals surface area contributed by atoms with Crippen molar-refractivity contribution in [3.8, 4) is 40.2 Å². The number of phenols is 5. The van der Waals surface area contributed by atoms with E-state index in [1.807, 2.05) is 0 Å². The van der Waals surface area contributed by atoms with E-state index in [1.54, 1.807) is 0 Å². The van der Waals surface area contributed by atoms with Gasteiger partial charge < -0.3 is 45.8 Å². The molecule has 2 atom stereocenters. The number of carbonyl (C=O) groups excluding carboxylic acids is 1. The topological polar surface area (TPSA) is 196 Å². The molecule has 0 amide bonds. The summed E-state index contributed by atoms with van der Waals surface area (Å²) in [6.07, 6.45) is -1.15. The Bertz CT molecular complexity index is 1210. The van der Waals surface area contributed by atoms with Crippen molar-refractivity contribution in [3.63, 3.8) is 0 Å². The lowest BCUT2D eigenvalue weighted by molar-refractivity contribution is -0.0189. The van der Waals surface area contributed by atoms with E-state index in [-0.39, 0.29) is 46.2 Å². The number of phenolic OH excluding ortho intramolecular Hbond substituents is 5. The Labute approximate surface area is 180 Å². The van der Waals surface area contributed by atoms with Crippen molar-refractivity contribution in [3.05, 3.63) is 53.2 Å². The van der Waals surface area contributed by atoms with Crippen LogP contribution in [0.25, 0.3) is 0 Å². The number of nitrogens with zero attached hydrogens (tertiary/aromatic N) is 1. The lowest BCUT2D eigenvalue weighted by Crippen LogP contribution is -2.34. The first-order valence-electron chi connectivity index (χ1n) is 9.26. The Balaban J connectivity index is 1.74. The number of ether oxygens (including phenoxy) is 2. The Morgan fingerprint density at radius 1 is 0.969 bits per heavy atom. The van der Waals surface area contributed by atoms with Gasteiger partial charge in [-0.15, -0.1) is 0 Å². The predicted octanol–water partition coefficient (Wildman–Crippen LogP) is 1.80. The molecule has 8 N–H and O–H groups in total. The van der Waals surface area contributed by atoms with Crippen LogP contribution < -0.4 is 10.5 Å². The van der Waals surface area contributed by atoms with E-state index < -0.39 is 41.2 Å². The number of hydrogen-bond donors (Lipinski definition) is 7. The third-order valence-corrected chi connectivity index (χ3v) is 4.98. The van der Waals surface area contributed by atoms with Crippen molar-refractivity contribution in [2.45, 2.75) is 18.6 Å². The second kappa shape index (κ2) is 7.61. The van der Waals surface area contributed by atoms with Gasteiger partial charge in [0.2, 0.25) is 0 Å². The maximum absolute atomic E-state index is 12.7. The van der Waals surface area contributed by atoms with E-state index >= 15 is 0 Å². The summed E-state index contributed by atoms with van der Waals surface area (Å²) in [7, 11) is 0. The highest BCUT2D eigenvalue weighted by Gasteiger charge is 2.37. The Kier molecular flexibility index (Phi) is 4.93. The van der Waals surface area contributed by atoms with Gasteiger partial charge in [0.1, 0.15) is 23.4 Å². The molecule has 0 fully saturated rings. The molecule has 4 rings (SSSR count). The van der Waals surface area contributed by atoms with Gasteiger partial charge in [-0.25, -0.2) is 9.78 Å². The lowest BCUT2D eigenvalue weighted by Gasteiger charge is -2.34. The van der Waals surface area contributed by atoms with Crippen LogP contribution in [0.2, 0.25) is 0 Å². The second-order valence-electron chi connectivity index (χ2n) is 7.16. The molecule has 2 aromatic carbocycles. The minimum atomic E-state index is -1.11. The predicted molar refractivity (Wildman–Crippen MR) is 108 cm³/mol. The molecule has 1 aliphatic heterocycles. The zero-order valence-electron chi connectivity index (χ0n) is 16.3. The number of aromatic nitrogens is 1. The number of aromatic hydroxyl groups is 6. The first-order valence-corrected chi connectivity index (χ1v) is 9.26. The van der Waals surface area contributed by atoms with Gasteiger partial charge in [-0.1, -0.05) is 0 Å². The number of pyridine rings is 1. The van der Waals surface area contributed by atoms with E-state index in [2.05, 4.69) is 4.98 Å². The molecule has 11 heteroatoms. The van der Waals surface area contributed by atoms with Gasteiger partial charge in [-0.2, -0.15) is 0 Å². The zero-order valence-corrected chi connectivity index (χ0v) is 16.3. The van der Waals surface area contributed by atoms with Crippen molar-refractivity contribution < 1.29 is 44.9 Å². The minimum absolute atomic E-state index is 0.0609. The number of esters is 1. The average Bonchev–Trinajstić information content (AvgIpc) is 2.73. The summed E-state index contributed by atoms with van der Waals surface area (Å²) >= 11 is 0. The summed E-state index contributed by atoms with van der Waals surface area (Å²) in [6.45, 7) is 0. The highest BCUT2D eigenvalue weighted by molar-refractivity contribution is 5.90. The summed E-state index contributed by atoms with van der Waals surface area (Å²) in [5, 5.41) is 59.1. The van der Waals surface area contributed by atoms with Crippen LogP contribution in [0.5, 0.6) is 40.2 Å². The molecule has 1 aliphatic rings. The number of anilines is 1. The van der Waals surface area contributed by atoms with Crippen molar-refractivity contribution in [1.82, 2.24) is 4.98 Å². The van der Waals surface area contributed by atoms with Crippen LogP contribution in [-0.2, 0) is 11.2 Å². The van der Waals surface area contributed by atoms with Crippen LogP contribution in [0, 0.1) is 0 Å². The molecule has 2 heterocycles. The van der Waals surface area contributed by atoms with Gasteiger partial charge in [0, 0.05) is 35.9 Å². The molecule has 0 spiro atoms. The Morgan fingerprint density at radius 3 is 2.31 bits per heavy atom. The van der Waals surface area contributed by atoms with Crippen LogP contribution in [0.3, 0.4) is 0 Å². The number of rotatable bonds is 3. The van der Waals surface area contributed by atoms with Crippen LogP contribution in [0.4, 0.5) is 5.82 Å². The standard InChI is InChI=1S/C21H18N2O9/c22-20-15(28)3-9(7-23-20)21(30)32-17-6-11-12(25)4-10(24)5-16(11)31-19(17)8-1-13(26)18(29)14(27)2-8/h1-5,7,17,19,24-29H,6H2,(H2,22,23)/t17-,19+/m1/s1. The zero-order chi connectivity index (χ0) is 23.2. The molecular weight excluding hydrogens is 424 g/mol. The van der Waals surface area contributed by atoms with Gasteiger partial charge in [-0.05, 0) is 18.2 Å². The maximum atomic E-state index is 12.7. The summed E-state index contributed by atoms with van der Waals surface area (Å²) in [4.78, 5) is 16.4. The SMILES string of the molecule is Nc1ncc(C(=O)O[C@@H]2Cc3c(O)cc(O)cc3O[C@H]2c2cc(O)c(O)c(O)c2)cc1O. The van der Waals surface area contributed by atoms with Gasteiger partial charge in [0.15, 0.2) is 34.9 Å². The summed E-state index contributed by atoms with van der Waals surface area (Å²) in [5.74, 6) is -3.94. The smallest absolute Gasteiger partial charge is 0.340 e. The van der Waals surface area contributed by atoms with Crippen LogP contribution in [0.15, 0.2) is 36.5 Å². The van der Waals surface area contributed by atoms with Crippen molar-refractivity contribution >= 4 is 11.8 Å². The first kappa shape index (κ1) is 20.7. The van der Waals surface area contributed by atoms with E-state index in [4.69, 9.17) is 15.2 Å². The molecule has 0 radical (unpaired) electrons. The molecule has 1 aromatic heterocycles. The molecule has 0 aliphatic carbocycles. The summed E-state index contributed by atoms with van der Waals surface area (Å²) in [5.41, 5.74) is 5.73. The van der Waals surface area contributed by atoms with Crippen LogP contribution in [0.1, 0.15) is 27.6 Å². The number of carbonyl (C=O) groups is 1. The van der Waals surface area contributed by atoms with Crippen molar-refractivity contribution in [2.75, 3.05) is 5.73 Å². The number of fused-ring (bicyclic) bond motifs is 1. The van der Waals surface area contributed by atoms with Crippen molar-refractivity contribution in [2.24, 2.45) is 0 Å². The van der Waals surface area contributed by atoms with Gasteiger partial charge in [-0.3, -0.25) is 0 Å². The van der Waals surface area contributed by atoms with E-state index in [1.165, 1.54) is 6.07 Å². The van der Waals surface area contributed by atoms with E-state index in [0.29, 0.717) is 0 Å². The monoisotopic (exact) mass is 442 g/mol. The van der Waals surface area contributed by atoms with Gasteiger partial charge in [0.05, 0.1) is 5.56 Å². The fourth-order valence-electron chi connectivity index (χ4n) is 3.40. The third kappa shape index (κ3) is 3.67. The second-order valence-corrected chi connectivity index (χ2v) is 7.16. The van der Waals surface area contributed by atoms with Gasteiger partial charge >= 0.3 is 5.97 Å². The Morgan fingerprint density at radius 2 is 1.66 bits per heavy atom. The van der Waals surface area contributed by atoms with Crippen LogP contribution >= 0.6 is 0 Å². The maximum Gasteiger partial charge on any atom is 0.340 e. The van der Waals surface area contributed by atoms with Crippen molar-refractivity contribution in [1.29, 1.82) is 0 Å². The lowest BCUT2D eigenvalue weighted by atomic mass is 9.93. The third-order valence-electron chi connectivity index (χ3n) is 4.98. The molecule has 0 unspecified atom stereocenters. The molecule has 3 aromatic rings. The van der Waals surface area contributed by atoms with Crippen LogP contribution in [-0.4, -0.2) is 47.7 Å². The Hall–Kier alpha value is -4.54. The number of nitrogen functional groups attached to an aromatic ring is 1. The first-order chi connectivity index (χ1) is 15.1. The molecule has 32 heavy (non-hydrogen) atoms. The van der Waals surface area contributed by atoms with Gasteiger partial charge in [0.25, 0.3) is 0 Å². The fourth-order valence-corrected chi connectivity index (χ4v) is 3.40. The van der Waals surface area contributed by atoms with E-state index in [0.717, 1.165) is 30.5 Å². The number of hydrogen-bond acceptors (Lipinski definition) is 11. The average molecular weight is 442 g/mol. The normalized spacial score (nSPS) is 17.2. The summed E-state index contributed by atoms with van der Waals surface area (Å²) in [6, 6.07) is 5.66. The fraction of sp³-hybridized carbons (Fsp3) is 0.143. The number of nitrogens with two attached hydrogens (primary N) is 1. The molecule has 0 saturated heterocycles.